The quantitative estimate of drug-likeness (QED) is 0.773. The van der Waals surface area contributed by atoms with Gasteiger partial charge in [-0.2, -0.15) is 0 Å². The molecule has 4 heteroatoms. The molecule has 0 bridgehead atoms. The van der Waals surface area contributed by atoms with Crippen LogP contribution in [0.25, 0.3) is 0 Å². The molecule has 0 saturated heterocycles. The van der Waals surface area contributed by atoms with Crippen molar-refractivity contribution < 1.29 is 4.79 Å². The second-order valence-corrected chi connectivity index (χ2v) is 5.52. The van der Waals surface area contributed by atoms with E-state index in [1.807, 2.05) is 23.9 Å². The topological polar surface area (TPSA) is 23.6 Å². The zero-order chi connectivity index (χ0) is 13.1. The summed E-state index contributed by atoms with van der Waals surface area (Å²) in [6.45, 7) is 2.11. The Morgan fingerprint density at radius 2 is 2.17 bits per heavy atom. The predicted octanol–water partition coefficient (Wildman–Crippen LogP) is 1.51. The highest BCUT2D eigenvalue weighted by Gasteiger charge is 2.20. The van der Waals surface area contributed by atoms with E-state index >= 15 is 0 Å². The molecule has 1 aliphatic heterocycles. The molecule has 18 heavy (non-hydrogen) atoms. The van der Waals surface area contributed by atoms with E-state index in [0.717, 1.165) is 25.7 Å². The Kier molecular flexibility index (Phi) is 4.36. The summed E-state index contributed by atoms with van der Waals surface area (Å²) in [6.07, 6.45) is 1.95. The zero-order valence-corrected chi connectivity index (χ0v) is 12.3. The summed E-state index contributed by atoms with van der Waals surface area (Å²) in [5.74, 6) is 0.224. The fourth-order valence-electron chi connectivity index (χ4n) is 2.32. The lowest BCUT2D eigenvalue weighted by Gasteiger charge is -2.30. The van der Waals surface area contributed by atoms with Gasteiger partial charge in [0.05, 0.1) is 6.54 Å². The third kappa shape index (κ3) is 3.09. The average molecular weight is 264 g/mol. The fraction of sp³-hybridized carbons (Fsp3) is 0.500. The Morgan fingerprint density at radius 1 is 1.39 bits per heavy atom. The molecule has 1 amide bonds. The Labute approximate surface area is 111 Å². The summed E-state index contributed by atoms with van der Waals surface area (Å²) < 4.78 is 0. The zero-order valence-electron chi connectivity index (χ0n) is 11.1. The fourth-order valence-corrected chi connectivity index (χ4v) is 2.57. The van der Waals surface area contributed by atoms with Gasteiger partial charge in [-0.15, -0.1) is 9.24 Å². The molecule has 0 aromatic heterocycles. The summed E-state index contributed by atoms with van der Waals surface area (Å²) in [4.78, 5) is 15.9. The van der Waals surface area contributed by atoms with Crippen molar-refractivity contribution >= 4 is 15.1 Å². The second-order valence-electron chi connectivity index (χ2n) is 5.11. The minimum atomic E-state index is 0.224. The van der Waals surface area contributed by atoms with Gasteiger partial charge in [-0.05, 0) is 43.4 Å². The highest BCUT2D eigenvalue weighted by molar-refractivity contribution is 7.15. The Bertz CT molecular complexity index is 445. The number of hydrogen-bond acceptors (Lipinski definition) is 2. The molecule has 1 aliphatic rings. The number of carbonyl (C=O) groups is 1. The first-order valence-corrected chi connectivity index (χ1v) is 7.15. The number of likely N-dealkylation sites (N-methyl/N-ethyl adjacent to an activating group) is 1. The van der Waals surface area contributed by atoms with Gasteiger partial charge in [-0.1, -0.05) is 18.2 Å². The van der Waals surface area contributed by atoms with Crippen molar-refractivity contribution in [3.63, 3.8) is 0 Å². The van der Waals surface area contributed by atoms with Gasteiger partial charge in [-0.3, -0.25) is 4.79 Å². The summed E-state index contributed by atoms with van der Waals surface area (Å²) in [5.41, 5.74) is 4.03. The van der Waals surface area contributed by atoms with Crippen molar-refractivity contribution in [2.75, 3.05) is 27.2 Å². The van der Waals surface area contributed by atoms with Gasteiger partial charge in [-0.25, -0.2) is 0 Å². The molecular formula is C14H21N2OP. The van der Waals surface area contributed by atoms with Crippen LogP contribution in [-0.2, 0) is 23.9 Å². The van der Waals surface area contributed by atoms with Crippen LogP contribution in [0.15, 0.2) is 18.2 Å². The molecule has 0 spiro atoms. The molecule has 1 atom stereocenters. The van der Waals surface area contributed by atoms with Gasteiger partial charge >= 0.3 is 0 Å². The summed E-state index contributed by atoms with van der Waals surface area (Å²) in [5, 5.41) is 0. The molecular weight excluding hydrogens is 243 g/mol. The monoisotopic (exact) mass is 264 g/mol. The summed E-state index contributed by atoms with van der Waals surface area (Å²) in [7, 11) is 6.61. The Morgan fingerprint density at radius 3 is 2.83 bits per heavy atom. The standard InChI is InChI=1S/C14H21N2OP/c1-15(2)9-14(17)16-6-5-12-4-3-11(10-18)7-13(12)8-16/h3-4,7H,5-6,8-10,18H2,1-2H3. The van der Waals surface area contributed by atoms with E-state index in [2.05, 4.69) is 27.4 Å². The number of fused-ring (bicyclic) bond motifs is 1. The van der Waals surface area contributed by atoms with Crippen molar-refractivity contribution in [1.29, 1.82) is 0 Å². The number of benzene rings is 1. The smallest absolute Gasteiger partial charge is 0.237 e. The second kappa shape index (κ2) is 5.81. The van der Waals surface area contributed by atoms with Crippen molar-refractivity contribution in [2.24, 2.45) is 0 Å². The first kappa shape index (κ1) is 13.5. The van der Waals surface area contributed by atoms with Crippen LogP contribution in [0.5, 0.6) is 0 Å². The van der Waals surface area contributed by atoms with Crippen LogP contribution >= 0.6 is 9.24 Å². The Hall–Kier alpha value is -0.920. The van der Waals surface area contributed by atoms with Gasteiger partial charge in [0.25, 0.3) is 0 Å². The molecule has 3 nitrogen and oxygen atoms in total. The maximum absolute atomic E-state index is 12.1. The van der Waals surface area contributed by atoms with Crippen LogP contribution in [-0.4, -0.2) is 42.9 Å². The predicted molar refractivity (Wildman–Crippen MR) is 77.5 cm³/mol. The van der Waals surface area contributed by atoms with Crippen molar-refractivity contribution in [1.82, 2.24) is 9.80 Å². The van der Waals surface area contributed by atoms with Gasteiger partial charge in [0.1, 0.15) is 0 Å². The van der Waals surface area contributed by atoms with E-state index in [0.29, 0.717) is 6.54 Å². The third-order valence-electron chi connectivity index (χ3n) is 3.32. The van der Waals surface area contributed by atoms with Crippen molar-refractivity contribution in [3.05, 3.63) is 34.9 Å². The van der Waals surface area contributed by atoms with E-state index in [-0.39, 0.29) is 5.91 Å². The molecule has 98 valence electrons. The maximum Gasteiger partial charge on any atom is 0.237 e. The minimum absolute atomic E-state index is 0.224. The molecule has 1 heterocycles. The lowest BCUT2D eigenvalue weighted by molar-refractivity contribution is -0.132. The van der Waals surface area contributed by atoms with E-state index in [4.69, 9.17) is 0 Å². The van der Waals surface area contributed by atoms with Crippen LogP contribution in [0.2, 0.25) is 0 Å². The summed E-state index contributed by atoms with van der Waals surface area (Å²) >= 11 is 0. The molecule has 1 aromatic rings. The number of amides is 1. The van der Waals surface area contributed by atoms with E-state index in [1.165, 1.54) is 16.7 Å². The average Bonchev–Trinajstić information content (AvgIpc) is 2.36. The highest BCUT2D eigenvalue weighted by Crippen LogP contribution is 2.21. The summed E-state index contributed by atoms with van der Waals surface area (Å²) in [6, 6.07) is 6.63. The van der Waals surface area contributed by atoms with Gasteiger partial charge in [0.15, 0.2) is 0 Å². The molecule has 0 radical (unpaired) electrons. The highest BCUT2D eigenvalue weighted by atomic mass is 31.0. The van der Waals surface area contributed by atoms with Gasteiger partial charge < -0.3 is 9.80 Å². The molecule has 0 N–H and O–H groups in total. The largest absolute Gasteiger partial charge is 0.337 e. The van der Waals surface area contributed by atoms with Gasteiger partial charge in [0, 0.05) is 13.1 Å². The van der Waals surface area contributed by atoms with Crippen LogP contribution in [0.3, 0.4) is 0 Å². The van der Waals surface area contributed by atoms with Crippen LogP contribution in [0, 0.1) is 0 Å². The van der Waals surface area contributed by atoms with Crippen molar-refractivity contribution in [3.8, 4) is 0 Å². The molecule has 0 fully saturated rings. The third-order valence-corrected chi connectivity index (χ3v) is 3.79. The van der Waals surface area contributed by atoms with Gasteiger partial charge in [0.2, 0.25) is 5.91 Å². The number of rotatable bonds is 3. The molecule has 0 saturated carbocycles. The Balaban J connectivity index is 2.11. The number of carbonyl (C=O) groups excluding carboxylic acids is 1. The lowest BCUT2D eigenvalue weighted by atomic mass is 9.97. The number of hydrogen-bond donors (Lipinski definition) is 0. The van der Waals surface area contributed by atoms with Crippen LogP contribution in [0.4, 0.5) is 0 Å². The molecule has 2 rings (SSSR count). The maximum atomic E-state index is 12.1. The molecule has 0 aliphatic carbocycles. The number of nitrogens with zero attached hydrogens (tertiary/aromatic N) is 2. The first-order chi connectivity index (χ1) is 8.60. The van der Waals surface area contributed by atoms with Crippen LogP contribution < -0.4 is 0 Å². The van der Waals surface area contributed by atoms with E-state index in [9.17, 15) is 4.79 Å². The molecule has 1 unspecified atom stereocenters. The first-order valence-electron chi connectivity index (χ1n) is 6.33. The normalized spacial score (nSPS) is 14.8. The van der Waals surface area contributed by atoms with Crippen LogP contribution in [0.1, 0.15) is 16.7 Å². The van der Waals surface area contributed by atoms with E-state index < -0.39 is 0 Å². The van der Waals surface area contributed by atoms with E-state index in [1.54, 1.807) is 0 Å². The minimum Gasteiger partial charge on any atom is -0.337 e. The van der Waals surface area contributed by atoms with Crippen molar-refractivity contribution in [2.45, 2.75) is 19.1 Å². The SMILES string of the molecule is CN(C)CC(=O)N1CCc2ccc(CP)cc2C1. The lowest BCUT2D eigenvalue weighted by Crippen LogP contribution is -2.40. The molecule has 1 aromatic carbocycles.